The summed E-state index contributed by atoms with van der Waals surface area (Å²) in [6, 6.07) is 12.9. The molecule has 0 saturated carbocycles. The van der Waals surface area contributed by atoms with Gasteiger partial charge in [-0.2, -0.15) is 0 Å². The van der Waals surface area contributed by atoms with E-state index in [1.807, 2.05) is 18.2 Å². The Morgan fingerprint density at radius 3 is 2.82 bits per heavy atom. The van der Waals surface area contributed by atoms with Gasteiger partial charge in [-0.05, 0) is 61.8 Å². The smallest absolute Gasteiger partial charge is 0.262 e. The van der Waals surface area contributed by atoms with Crippen molar-refractivity contribution in [2.45, 2.75) is 18.9 Å². The molecule has 0 aliphatic carbocycles. The third kappa shape index (κ3) is 4.13. The second-order valence-electron chi connectivity index (χ2n) is 7.07. The quantitative estimate of drug-likeness (QED) is 0.809. The maximum Gasteiger partial charge on any atom is 0.262 e. The molecule has 0 aromatic heterocycles. The van der Waals surface area contributed by atoms with Gasteiger partial charge in [-0.15, -0.1) is 0 Å². The van der Waals surface area contributed by atoms with Crippen molar-refractivity contribution in [2.24, 2.45) is 0 Å². The monoisotopic (exact) mass is 399 g/mol. The minimum Gasteiger partial charge on any atom is -0.482 e. The number of benzene rings is 2. The van der Waals surface area contributed by atoms with E-state index in [0.717, 1.165) is 18.7 Å². The average Bonchev–Trinajstić information content (AvgIpc) is 3.22. The van der Waals surface area contributed by atoms with Gasteiger partial charge in [0.15, 0.2) is 6.61 Å². The van der Waals surface area contributed by atoms with Gasteiger partial charge in [0, 0.05) is 17.1 Å². The molecule has 0 spiro atoms. The molecule has 2 aliphatic heterocycles. The van der Waals surface area contributed by atoms with E-state index in [1.165, 1.54) is 12.8 Å². The highest BCUT2D eigenvalue weighted by Gasteiger charge is 2.25. The van der Waals surface area contributed by atoms with Crippen molar-refractivity contribution in [1.82, 2.24) is 10.2 Å². The lowest BCUT2D eigenvalue weighted by molar-refractivity contribution is -0.118. The van der Waals surface area contributed by atoms with E-state index in [2.05, 4.69) is 21.6 Å². The summed E-state index contributed by atoms with van der Waals surface area (Å²) in [7, 11) is 0. The largest absolute Gasteiger partial charge is 0.482 e. The van der Waals surface area contributed by atoms with Gasteiger partial charge >= 0.3 is 0 Å². The van der Waals surface area contributed by atoms with Crippen LogP contribution in [0.3, 0.4) is 0 Å². The van der Waals surface area contributed by atoms with Crippen LogP contribution in [0.1, 0.15) is 34.8 Å². The number of amides is 2. The molecule has 2 aromatic carbocycles. The minimum absolute atomic E-state index is 0.0378. The third-order valence-corrected chi connectivity index (χ3v) is 5.38. The zero-order valence-electron chi connectivity index (χ0n) is 15.4. The summed E-state index contributed by atoms with van der Waals surface area (Å²) in [6.45, 7) is 2.48. The molecule has 6 nitrogen and oxygen atoms in total. The van der Waals surface area contributed by atoms with Crippen LogP contribution in [0.4, 0.5) is 5.69 Å². The first-order chi connectivity index (χ1) is 13.6. The number of hydrogen-bond acceptors (Lipinski definition) is 4. The average molecular weight is 400 g/mol. The maximum absolute atomic E-state index is 12.7. The van der Waals surface area contributed by atoms with Crippen LogP contribution < -0.4 is 15.4 Å². The molecule has 2 aliphatic rings. The second kappa shape index (κ2) is 8.20. The number of nitrogens with zero attached hydrogens (tertiary/aromatic N) is 1. The van der Waals surface area contributed by atoms with E-state index in [0.29, 0.717) is 28.6 Å². The van der Waals surface area contributed by atoms with Crippen LogP contribution in [-0.2, 0) is 4.79 Å². The van der Waals surface area contributed by atoms with Crippen molar-refractivity contribution in [3.63, 3.8) is 0 Å². The van der Waals surface area contributed by atoms with Crippen LogP contribution in [0, 0.1) is 0 Å². The normalized spacial score (nSPS) is 17.4. The van der Waals surface area contributed by atoms with Crippen LogP contribution in [0.25, 0.3) is 0 Å². The Morgan fingerprint density at radius 1 is 1.21 bits per heavy atom. The first-order valence-corrected chi connectivity index (χ1v) is 9.82. The van der Waals surface area contributed by atoms with Gasteiger partial charge in [-0.1, -0.05) is 23.7 Å². The Kier molecular flexibility index (Phi) is 5.50. The van der Waals surface area contributed by atoms with Gasteiger partial charge in [-0.3, -0.25) is 14.5 Å². The third-order valence-electron chi connectivity index (χ3n) is 5.15. The Bertz CT molecular complexity index is 896. The predicted octanol–water partition coefficient (Wildman–Crippen LogP) is 3.24. The summed E-state index contributed by atoms with van der Waals surface area (Å²) in [6.07, 6.45) is 2.33. The predicted molar refractivity (Wildman–Crippen MR) is 108 cm³/mol. The molecule has 28 heavy (non-hydrogen) atoms. The van der Waals surface area contributed by atoms with Gasteiger partial charge in [0.05, 0.1) is 11.7 Å². The van der Waals surface area contributed by atoms with Crippen molar-refractivity contribution >= 4 is 29.1 Å². The summed E-state index contributed by atoms with van der Waals surface area (Å²) in [5.41, 5.74) is 2.19. The van der Waals surface area contributed by atoms with Crippen LogP contribution in [0.2, 0.25) is 5.02 Å². The van der Waals surface area contributed by atoms with Gasteiger partial charge in [-0.25, -0.2) is 0 Å². The van der Waals surface area contributed by atoms with Crippen molar-refractivity contribution in [2.75, 3.05) is 31.6 Å². The van der Waals surface area contributed by atoms with E-state index in [1.54, 1.807) is 18.2 Å². The number of hydrogen-bond donors (Lipinski definition) is 2. The summed E-state index contributed by atoms with van der Waals surface area (Å²) in [4.78, 5) is 26.5. The molecular formula is C21H22ClN3O3. The lowest BCUT2D eigenvalue weighted by atomic mass is 10.1. The lowest BCUT2D eigenvalue weighted by Gasteiger charge is -2.28. The zero-order chi connectivity index (χ0) is 19.5. The fraction of sp³-hybridized carbons (Fsp3) is 0.333. The lowest BCUT2D eigenvalue weighted by Crippen LogP contribution is -2.36. The van der Waals surface area contributed by atoms with Gasteiger partial charge < -0.3 is 15.4 Å². The number of carbonyl (C=O) groups excluding carboxylic acids is 2. The van der Waals surface area contributed by atoms with E-state index in [9.17, 15) is 9.59 Å². The molecule has 146 valence electrons. The Balaban J connectivity index is 1.47. The standard InChI is InChI=1S/C21H22ClN3O3/c22-16-5-3-4-14(10-16)18(25-8-1-2-9-25)12-23-21(27)15-6-7-17-19(11-15)28-13-20(26)24-17/h3-7,10-11,18H,1-2,8-9,12-13H2,(H,23,27)(H,24,26). The number of halogens is 1. The van der Waals surface area contributed by atoms with E-state index < -0.39 is 0 Å². The highest BCUT2D eigenvalue weighted by Crippen LogP contribution is 2.29. The maximum atomic E-state index is 12.7. The molecule has 7 heteroatoms. The Hall–Kier alpha value is -2.57. The minimum atomic E-state index is -0.195. The van der Waals surface area contributed by atoms with E-state index in [4.69, 9.17) is 16.3 Å². The molecule has 1 fully saturated rings. The van der Waals surface area contributed by atoms with Gasteiger partial charge in [0.25, 0.3) is 11.8 Å². The topological polar surface area (TPSA) is 70.7 Å². The molecule has 1 atom stereocenters. The summed E-state index contributed by atoms with van der Waals surface area (Å²) in [5.74, 6) is 0.146. The van der Waals surface area contributed by atoms with Gasteiger partial charge in [0.1, 0.15) is 5.75 Å². The summed E-state index contributed by atoms with van der Waals surface area (Å²) >= 11 is 6.18. The Morgan fingerprint density at radius 2 is 2.04 bits per heavy atom. The molecule has 0 radical (unpaired) electrons. The number of nitrogens with one attached hydrogen (secondary N) is 2. The number of rotatable bonds is 5. The molecule has 2 amide bonds. The van der Waals surface area contributed by atoms with E-state index in [-0.39, 0.29) is 24.5 Å². The van der Waals surface area contributed by atoms with Crippen molar-refractivity contribution < 1.29 is 14.3 Å². The number of carbonyl (C=O) groups is 2. The summed E-state index contributed by atoms with van der Waals surface area (Å²) in [5, 5.41) is 6.46. The van der Waals surface area contributed by atoms with E-state index >= 15 is 0 Å². The van der Waals surface area contributed by atoms with Crippen molar-refractivity contribution in [1.29, 1.82) is 0 Å². The van der Waals surface area contributed by atoms with Crippen LogP contribution in [-0.4, -0.2) is 43.0 Å². The van der Waals surface area contributed by atoms with Crippen LogP contribution in [0.5, 0.6) is 5.75 Å². The molecule has 2 heterocycles. The Labute approximate surface area is 168 Å². The molecule has 2 N–H and O–H groups in total. The van der Waals surface area contributed by atoms with Crippen molar-refractivity contribution in [3.8, 4) is 5.75 Å². The first-order valence-electron chi connectivity index (χ1n) is 9.44. The first kappa shape index (κ1) is 18.8. The second-order valence-corrected chi connectivity index (χ2v) is 7.51. The number of likely N-dealkylation sites (tertiary alicyclic amines) is 1. The molecule has 0 bridgehead atoms. The van der Waals surface area contributed by atoms with Crippen molar-refractivity contribution in [3.05, 3.63) is 58.6 Å². The number of ether oxygens (including phenoxy) is 1. The fourth-order valence-corrected chi connectivity index (χ4v) is 3.93. The molecule has 4 rings (SSSR count). The zero-order valence-corrected chi connectivity index (χ0v) is 16.2. The fourth-order valence-electron chi connectivity index (χ4n) is 3.73. The molecular weight excluding hydrogens is 378 g/mol. The summed E-state index contributed by atoms with van der Waals surface area (Å²) < 4.78 is 5.40. The van der Waals surface area contributed by atoms with Gasteiger partial charge in [0.2, 0.25) is 0 Å². The SMILES string of the molecule is O=C1COc2cc(C(=O)NCC(c3cccc(Cl)c3)N3CCCC3)ccc2N1. The number of anilines is 1. The highest BCUT2D eigenvalue weighted by atomic mass is 35.5. The molecule has 2 aromatic rings. The number of fused-ring (bicyclic) bond motifs is 1. The highest BCUT2D eigenvalue weighted by molar-refractivity contribution is 6.30. The molecule has 1 unspecified atom stereocenters. The molecule has 1 saturated heterocycles. The van der Waals surface area contributed by atoms with Crippen LogP contribution >= 0.6 is 11.6 Å². The van der Waals surface area contributed by atoms with Crippen LogP contribution in [0.15, 0.2) is 42.5 Å².